The molecule has 1 aliphatic rings. The van der Waals surface area contributed by atoms with Crippen LogP contribution in [0.2, 0.25) is 10.0 Å². The maximum atomic E-state index is 12.2. The summed E-state index contributed by atoms with van der Waals surface area (Å²) in [6.07, 6.45) is 4.83. The lowest BCUT2D eigenvalue weighted by Crippen LogP contribution is -2.16. The van der Waals surface area contributed by atoms with Crippen LogP contribution in [-0.2, 0) is 9.53 Å². The van der Waals surface area contributed by atoms with Crippen LogP contribution in [0.4, 0.5) is 0 Å². The van der Waals surface area contributed by atoms with Crippen LogP contribution in [0.1, 0.15) is 43.4 Å². The van der Waals surface area contributed by atoms with Crippen LogP contribution in [0.3, 0.4) is 0 Å². The zero-order valence-electron chi connectivity index (χ0n) is 11.4. The summed E-state index contributed by atoms with van der Waals surface area (Å²) in [6.45, 7) is 2.21. The van der Waals surface area contributed by atoms with E-state index in [1.807, 2.05) is 13.0 Å². The van der Waals surface area contributed by atoms with Crippen LogP contribution in [0, 0.1) is 0 Å². The van der Waals surface area contributed by atoms with Crippen molar-refractivity contribution in [2.45, 2.75) is 43.1 Å². The molecule has 110 valence electrons. The molecule has 2 rings (SSSR count). The van der Waals surface area contributed by atoms with E-state index in [9.17, 15) is 4.79 Å². The van der Waals surface area contributed by atoms with Gasteiger partial charge in [-0.05, 0) is 37.5 Å². The van der Waals surface area contributed by atoms with Crippen molar-refractivity contribution in [1.82, 2.24) is 0 Å². The fraction of sp³-hybridized carbons (Fsp3) is 0.533. The lowest BCUT2D eigenvalue weighted by Gasteiger charge is -2.19. The van der Waals surface area contributed by atoms with E-state index in [2.05, 4.69) is 0 Å². The van der Waals surface area contributed by atoms with E-state index in [0.717, 1.165) is 5.56 Å². The summed E-state index contributed by atoms with van der Waals surface area (Å²) in [5.74, 6) is -0.192. The molecule has 1 unspecified atom stereocenters. The van der Waals surface area contributed by atoms with Gasteiger partial charge in [-0.15, -0.1) is 11.8 Å². The molecular weight excluding hydrogens is 315 g/mol. The van der Waals surface area contributed by atoms with Crippen molar-refractivity contribution in [3.63, 3.8) is 0 Å². The highest BCUT2D eigenvalue weighted by molar-refractivity contribution is 8.00. The van der Waals surface area contributed by atoms with Crippen LogP contribution in [-0.4, -0.2) is 17.8 Å². The summed E-state index contributed by atoms with van der Waals surface area (Å²) in [5.41, 5.74) is 0.870. The van der Waals surface area contributed by atoms with Crippen molar-refractivity contribution in [3.8, 4) is 0 Å². The molecule has 1 aromatic carbocycles. The van der Waals surface area contributed by atoms with Gasteiger partial charge in [0.1, 0.15) is 5.25 Å². The second kappa shape index (κ2) is 7.58. The van der Waals surface area contributed by atoms with Crippen LogP contribution in [0.15, 0.2) is 18.2 Å². The molecule has 0 aliphatic heterocycles. The molecule has 0 amide bonds. The van der Waals surface area contributed by atoms with Gasteiger partial charge >= 0.3 is 5.97 Å². The minimum atomic E-state index is -0.312. The molecule has 1 saturated carbocycles. The van der Waals surface area contributed by atoms with Gasteiger partial charge in [-0.25, -0.2) is 0 Å². The molecule has 0 N–H and O–H groups in total. The third-order valence-corrected chi connectivity index (χ3v) is 5.71. The topological polar surface area (TPSA) is 26.3 Å². The average Bonchev–Trinajstić information content (AvgIpc) is 2.92. The summed E-state index contributed by atoms with van der Waals surface area (Å²) in [7, 11) is 0. The second-order valence-electron chi connectivity index (χ2n) is 4.85. The standard InChI is InChI=1S/C15H18Cl2O2S/c1-2-19-15(18)14(20-11-5-3-4-6-11)10-7-8-12(16)13(17)9-10/h7-9,11,14H,2-6H2,1H3. The Morgan fingerprint density at radius 2 is 2.05 bits per heavy atom. The Kier molecular flexibility index (Phi) is 6.06. The molecule has 0 radical (unpaired) electrons. The number of carbonyl (C=O) groups is 1. The van der Waals surface area contributed by atoms with Gasteiger partial charge in [0.05, 0.1) is 16.7 Å². The fourth-order valence-electron chi connectivity index (χ4n) is 2.38. The number of hydrogen-bond acceptors (Lipinski definition) is 3. The van der Waals surface area contributed by atoms with Gasteiger partial charge in [-0.3, -0.25) is 4.79 Å². The number of thioether (sulfide) groups is 1. The van der Waals surface area contributed by atoms with Crippen molar-refractivity contribution < 1.29 is 9.53 Å². The van der Waals surface area contributed by atoms with Crippen molar-refractivity contribution in [2.24, 2.45) is 0 Å². The van der Waals surface area contributed by atoms with Gasteiger partial charge in [-0.2, -0.15) is 0 Å². The summed E-state index contributed by atoms with van der Waals surface area (Å²) in [4.78, 5) is 12.2. The van der Waals surface area contributed by atoms with Crippen LogP contribution in [0.5, 0.6) is 0 Å². The first-order valence-electron chi connectivity index (χ1n) is 6.89. The Bertz CT molecular complexity index is 473. The van der Waals surface area contributed by atoms with E-state index in [-0.39, 0.29) is 11.2 Å². The van der Waals surface area contributed by atoms with Crippen molar-refractivity contribution in [3.05, 3.63) is 33.8 Å². The van der Waals surface area contributed by atoms with Gasteiger partial charge < -0.3 is 4.74 Å². The molecule has 1 atom stereocenters. The zero-order chi connectivity index (χ0) is 14.5. The molecule has 1 aliphatic carbocycles. The van der Waals surface area contributed by atoms with Gasteiger partial charge in [0.2, 0.25) is 0 Å². The molecule has 1 aromatic rings. The Labute approximate surface area is 134 Å². The first-order valence-corrected chi connectivity index (χ1v) is 8.58. The Hall–Kier alpha value is -0.380. The first-order chi connectivity index (χ1) is 9.61. The smallest absolute Gasteiger partial charge is 0.323 e. The van der Waals surface area contributed by atoms with Crippen molar-refractivity contribution in [1.29, 1.82) is 0 Å². The van der Waals surface area contributed by atoms with Crippen molar-refractivity contribution in [2.75, 3.05) is 6.61 Å². The number of halogens is 2. The van der Waals surface area contributed by atoms with E-state index < -0.39 is 0 Å². The highest BCUT2D eigenvalue weighted by atomic mass is 35.5. The Morgan fingerprint density at radius 3 is 2.65 bits per heavy atom. The van der Waals surface area contributed by atoms with Crippen LogP contribution < -0.4 is 0 Å². The van der Waals surface area contributed by atoms with E-state index in [0.29, 0.717) is 21.9 Å². The van der Waals surface area contributed by atoms with E-state index in [1.165, 1.54) is 25.7 Å². The molecule has 0 saturated heterocycles. The molecule has 0 heterocycles. The van der Waals surface area contributed by atoms with Gasteiger partial charge in [0, 0.05) is 5.25 Å². The summed E-state index contributed by atoms with van der Waals surface area (Å²) in [6, 6.07) is 5.37. The second-order valence-corrected chi connectivity index (χ2v) is 7.07. The van der Waals surface area contributed by atoms with E-state index in [1.54, 1.807) is 23.9 Å². The SMILES string of the molecule is CCOC(=O)C(SC1CCCC1)c1ccc(Cl)c(Cl)c1. The number of hydrogen-bond donors (Lipinski definition) is 0. The number of benzene rings is 1. The predicted octanol–water partition coefficient (Wildman–Crippen LogP) is 5.27. The molecule has 20 heavy (non-hydrogen) atoms. The highest BCUT2D eigenvalue weighted by Gasteiger charge is 2.28. The highest BCUT2D eigenvalue weighted by Crippen LogP contribution is 2.41. The Balaban J connectivity index is 2.19. The molecule has 0 spiro atoms. The lowest BCUT2D eigenvalue weighted by molar-refractivity contribution is -0.142. The molecule has 5 heteroatoms. The lowest BCUT2D eigenvalue weighted by atomic mass is 10.1. The summed E-state index contributed by atoms with van der Waals surface area (Å²) >= 11 is 13.7. The fourth-order valence-corrected chi connectivity index (χ4v) is 4.16. The van der Waals surface area contributed by atoms with Crippen LogP contribution in [0.25, 0.3) is 0 Å². The monoisotopic (exact) mass is 332 g/mol. The molecule has 1 fully saturated rings. The van der Waals surface area contributed by atoms with E-state index >= 15 is 0 Å². The summed E-state index contributed by atoms with van der Waals surface area (Å²) in [5, 5.41) is 1.20. The number of ether oxygens (including phenoxy) is 1. The largest absolute Gasteiger partial charge is 0.465 e. The summed E-state index contributed by atoms with van der Waals surface area (Å²) < 4.78 is 5.20. The number of rotatable bonds is 5. The van der Waals surface area contributed by atoms with Crippen LogP contribution >= 0.6 is 35.0 Å². The zero-order valence-corrected chi connectivity index (χ0v) is 13.7. The molecular formula is C15H18Cl2O2S. The maximum absolute atomic E-state index is 12.2. The van der Waals surface area contributed by atoms with Crippen molar-refractivity contribution >= 4 is 40.9 Å². The minimum absolute atomic E-state index is 0.192. The maximum Gasteiger partial charge on any atom is 0.323 e. The first kappa shape index (κ1) is 16.0. The third-order valence-electron chi connectivity index (χ3n) is 3.38. The number of carbonyl (C=O) groups excluding carboxylic acids is 1. The molecule has 2 nitrogen and oxygen atoms in total. The molecule has 0 bridgehead atoms. The normalized spacial score (nSPS) is 17.1. The van der Waals surface area contributed by atoms with Gasteiger partial charge in [0.15, 0.2) is 0 Å². The predicted molar refractivity (Wildman–Crippen MR) is 85.7 cm³/mol. The minimum Gasteiger partial charge on any atom is -0.465 e. The van der Waals surface area contributed by atoms with Gasteiger partial charge in [0.25, 0.3) is 0 Å². The van der Waals surface area contributed by atoms with E-state index in [4.69, 9.17) is 27.9 Å². The average molecular weight is 333 g/mol. The Morgan fingerprint density at radius 1 is 1.35 bits per heavy atom. The number of esters is 1. The molecule has 0 aromatic heterocycles. The quantitative estimate of drug-likeness (QED) is 0.686. The van der Waals surface area contributed by atoms with Gasteiger partial charge in [-0.1, -0.05) is 42.1 Å². The third kappa shape index (κ3) is 4.06.